The number of hydrogen-bond donors (Lipinski definition) is 2. The molecule has 1 aliphatic rings. The number of carbonyl (C=O) groups is 1. The van der Waals surface area contributed by atoms with E-state index in [1.165, 1.54) is 0 Å². The third kappa shape index (κ3) is 3.10. The summed E-state index contributed by atoms with van der Waals surface area (Å²) in [5.74, 6) is 0.907. The fourth-order valence-corrected chi connectivity index (χ4v) is 3.57. The van der Waals surface area contributed by atoms with Crippen LogP contribution in [0.2, 0.25) is 0 Å². The number of para-hydroxylation sites is 3. The quantitative estimate of drug-likeness (QED) is 0.529. The number of rotatable bonds is 4. The second-order valence-corrected chi connectivity index (χ2v) is 6.74. The molecule has 0 saturated heterocycles. The number of benzene rings is 3. The molecule has 2 heterocycles. The third-order valence-electron chi connectivity index (χ3n) is 4.85. The Kier molecular flexibility index (Phi) is 4.02. The van der Waals surface area contributed by atoms with E-state index in [-0.39, 0.29) is 11.7 Å². The van der Waals surface area contributed by atoms with Crippen LogP contribution in [0.3, 0.4) is 0 Å². The Labute approximate surface area is 166 Å². The lowest BCUT2D eigenvalue weighted by molar-refractivity contribution is -0.132. The van der Waals surface area contributed by atoms with Gasteiger partial charge in [-0.1, -0.05) is 42.5 Å². The number of aromatic nitrogens is 2. The van der Waals surface area contributed by atoms with Gasteiger partial charge in [0.25, 0.3) is 0 Å². The summed E-state index contributed by atoms with van der Waals surface area (Å²) in [4.78, 5) is 16.2. The average Bonchev–Trinajstić information content (AvgIpc) is 3.12. The highest BCUT2D eigenvalue weighted by atomic mass is 16.5. The first-order valence-electron chi connectivity index (χ1n) is 9.21. The van der Waals surface area contributed by atoms with Gasteiger partial charge in [-0.2, -0.15) is 0 Å². The molecule has 0 aliphatic carbocycles. The molecule has 142 valence electrons. The van der Waals surface area contributed by atoms with E-state index in [0.29, 0.717) is 11.7 Å². The minimum atomic E-state index is -1.02. The molecule has 0 amide bonds. The molecule has 2 N–H and O–H groups in total. The van der Waals surface area contributed by atoms with Crippen LogP contribution in [0.1, 0.15) is 11.6 Å². The van der Waals surface area contributed by atoms with Gasteiger partial charge in [0.15, 0.2) is 0 Å². The zero-order valence-electron chi connectivity index (χ0n) is 15.3. The molecule has 3 aromatic carbocycles. The zero-order valence-corrected chi connectivity index (χ0v) is 15.3. The number of carboxylic acid groups (broad SMARTS) is 1. The van der Waals surface area contributed by atoms with Crippen LogP contribution >= 0.6 is 0 Å². The highest BCUT2D eigenvalue weighted by Gasteiger charge is 2.27. The van der Waals surface area contributed by atoms with Crippen molar-refractivity contribution in [1.82, 2.24) is 9.55 Å². The second kappa shape index (κ2) is 6.83. The number of ether oxygens (including phenoxy) is 1. The summed E-state index contributed by atoms with van der Waals surface area (Å²) >= 11 is 0. The van der Waals surface area contributed by atoms with Gasteiger partial charge in [0.2, 0.25) is 5.95 Å². The molecule has 1 aromatic heterocycles. The fraction of sp³-hybridized carbons (Fsp3) is 0.0435. The molecule has 0 saturated carbocycles. The van der Waals surface area contributed by atoms with Crippen LogP contribution in [0.4, 0.5) is 5.95 Å². The largest absolute Gasteiger partial charge is 0.477 e. The Balaban J connectivity index is 1.61. The molecular weight excluding hydrogens is 366 g/mol. The molecule has 0 unspecified atom stereocenters. The van der Waals surface area contributed by atoms with Crippen molar-refractivity contribution in [2.75, 3.05) is 5.32 Å². The maximum Gasteiger partial charge on any atom is 0.352 e. The van der Waals surface area contributed by atoms with Crippen LogP contribution < -0.4 is 10.1 Å². The molecule has 1 atom stereocenters. The highest BCUT2D eigenvalue weighted by Crippen LogP contribution is 2.36. The Morgan fingerprint density at radius 2 is 1.72 bits per heavy atom. The highest BCUT2D eigenvalue weighted by molar-refractivity contribution is 5.92. The average molecular weight is 383 g/mol. The summed E-state index contributed by atoms with van der Waals surface area (Å²) in [5.41, 5.74) is 2.74. The van der Waals surface area contributed by atoms with Crippen LogP contribution in [-0.4, -0.2) is 20.6 Å². The Morgan fingerprint density at radius 3 is 2.55 bits per heavy atom. The summed E-state index contributed by atoms with van der Waals surface area (Å²) in [6.45, 7) is 0. The Morgan fingerprint density at radius 1 is 0.966 bits per heavy atom. The number of aliphatic carboxylic acids is 1. The van der Waals surface area contributed by atoms with Crippen molar-refractivity contribution < 1.29 is 14.6 Å². The first-order chi connectivity index (χ1) is 14.2. The van der Waals surface area contributed by atoms with Crippen LogP contribution in [0, 0.1) is 0 Å². The number of anilines is 1. The van der Waals surface area contributed by atoms with Crippen molar-refractivity contribution in [2.24, 2.45) is 0 Å². The minimum absolute atomic E-state index is 0.104. The first kappa shape index (κ1) is 17.1. The van der Waals surface area contributed by atoms with Crippen molar-refractivity contribution in [3.05, 3.63) is 96.2 Å². The van der Waals surface area contributed by atoms with E-state index in [1.807, 2.05) is 83.4 Å². The van der Waals surface area contributed by atoms with Gasteiger partial charge < -0.3 is 15.2 Å². The smallest absolute Gasteiger partial charge is 0.352 e. The standard InChI is InChI=1S/C23H17N3O3/c27-22(28)19-14-21(26-20-12-5-4-11-18(20)24-23(26)25-19)15-7-6-10-17(13-15)29-16-8-2-1-3-9-16/h1-14,21H,(H,24,25)(H,27,28)/t21-/m0/s1. The molecule has 0 fully saturated rings. The lowest BCUT2D eigenvalue weighted by Crippen LogP contribution is -2.23. The summed E-state index contributed by atoms with van der Waals surface area (Å²) in [5, 5.41) is 12.5. The van der Waals surface area contributed by atoms with Crippen molar-refractivity contribution in [3.63, 3.8) is 0 Å². The van der Waals surface area contributed by atoms with Gasteiger partial charge in [-0.15, -0.1) is 0 Å². The van der Waals surface area contributed by atoms with Gasteiger partial charge in [-0.05, 0) is 48.0 Å². The molecular formula is C23H17N3O3. The molecule has 5 rings (SSSR count). The normalized spacial score (nSPS) is 15.3. The zero-order chi connectivity index (χ0) is 19.8. The van der Waals surface area contributed by atoms with E-state index in [1.54, 1.807) is 6.08 Å². The van der Waals surface area contributed by atoms with Gasteiger partial charge in [-0.3, -0.25) is 4.57 Å². The molecule has 1 aliphatic heterocycles. The van der Waals surface area contributed by atoms with Crippen molar-refractivity contribution in [1.29, 1.82) is 0 Å². The van der Waals surface area contributed by atoms with Gasteiger partial charge in [0.1, 0.15) is 17.2 Å². The van der Waals surface area contributed by atoms with E-state index in [2.05, 4.69) is 10.3 Å². The monoisotopic (exact) mass is 383 g/mol. The number of fused-ring (bicyclic) bond motifs is 3. The van der Waals surface area contributed by atoms with E-state index in [4.69, 9.17) is 4.74 Å². The van der Waals surface area contributed by atoms with Gasteiger partial charge in [0.05, 0.1) is 17.1 Å². The maximum absolute atomic E-state index is 11.7. The van der Waals surface area contributed by atoms with E-state index in [0.717, 1.165) is 22.3 Å². The second-order valence-electron chi connectivity index (χ2n) is 6.74. The van der Waals surface area contributed by atoms with Crippen molar-refractivity contribution in [3.8, 4) is 11.5 Å². The van der Waals surface area contributed by atoms with Crippen molar-refractivity contribution in [2.45, 2.75) is 6.04 Å². The van der Waals surface area contributed by atoms with Crippen LogP contribution in [0.25, 0.3) is 11.0 Å². The Bertz CT molecular complexity index is 1240. The SMILES string of the molecule is O=C(O)C1=C[C@@H](c2cccc(Oc3ccccc3)c2)n2c(nc3ccccc32)N1. The predicted octanol–water partition coefficient (Wildman–Crippen LogP) is 4.81. The van der Waals surface area contributed by atoms with Crippen LogP contribution in [0.15, 0.2) is 90.6 Å². The molecule has 0 spiro atoms. The van der Waals surface area contributed by atoms with Crippen LogP contribution in [-0.2, 0) is 4.79 Å². The lowest BCUT2D eigenvalue weighted by Gasteiger charge is -2.25. The predicted molar refractivity (Wildman–Crippen MR) is 110 cm³/mol. The van der Waals surface area contributed by atoms with Crippen LogP contribution in [0.5, 0.6) is 11.5 Å². The number of carboxylic acids is 1. The minimum Gasteiger partial charge on any atom is -0.477 e. The van der Waals surface area contributed by atoms with Gasteiger partial charge in [-0.25, -0.2) is 9.78 Å². The van der Waals surface area contributed by atoms with E-state index in [9.17, 15) is 9.90 Å². The third-order valence-corrected chi connectivity index (χ3v) is 4.85. The lowest BCUT2D eigenvalue weighted by atomic mass is 10.0. The molecule has 6 heteroatoms. The Hall–Kier alpha value is -4.06. The summed E-state index contributed by atoms with van der Waals surface area (Å²) < 4.78 is 7.97. The fourth-order valence-electron chi connectivity index (χ4n) is 3.57. The maximum atomic E-state index is 11.7. The number of nitrogens with one attached hydrogen (secondary N) is 1. The number of hydrogen-bond acceptors (Lipinski definition) is 4. The van der Waals surface area contributed by atoms with E-state index >= 15 is 0 Å². The van der Waals surface area contributed by atoms with Gasteiger partial charge >= 0.3 is 5.97 Å². The summed E-state index contributed by atoms with van der Waals surface area (Å²) in [6, 6.07) is 24.6. The molecule has 0 radical (unpaired) electrons. The van der Waals surface area contributed by atoms with Gasteiger partial charge in [0, 0.05) is 0 Å². The molecule has 6 nitrogen and oxygen atoms in total. The van der Waals surface area contributed by atoms with E-state index < -0.39 is 5.97 Å². The molecule has 0 bridgehead atoms. The number of allylic oxidation sites excluding steroid dienone is 1. The molecule has 29 heavy (non-hydrogen) atoms. The number of nitrogens with zero attached hydrogens (tertiary/aromatic N) is 2. The first-order valence-corrected chi connectivity index (χ1v) is 9.21. The summed E-state index contributed by atoms with van der Waals surface area (Å²) in [7, 11) is 0. The topological polar surface area (TPSA) is 76.4 Å². The number of imidazole rings is 1. The molecule has 4 aromatic rings. The summed E-state index contributed by atoms with van der Waals surface area (Å²) in [6.07, 6.45) is 1.70. The van der Waals surface area contributed by atoms with Crippen molar-refractivity contribution >= 4 is 23.0 Å².